The first-order chi connectivity index (χ1) is 29.8. The number of nitrogens with two attached hydrogens (primary N) is 2. The second-order valence-corrected chi connectivity index (χ2v) is 17.1. The molecule has 4 N–H and O–H groups in total. The summed E-state index contributed by atoms with van der Waals surface area (Å²) in [5, 5.41) is 25.5. The third kappa shape index (κ3) is 6.98. The molecule has 14 nitrogen and oxygen atoms in total. The summed E-state index contributed by atoms with van der Waals surface area (Å²) >= 11 is 2.14. The second-order valence-electron chi connectivity index (χ2n) is 15.4. The van der Waals surface area contributed by atoms with Crippen LogP contribution in [-0.2, 0) is 38.1 Å². The summed E-state index contributed by atoms with van der Waals surface area (Å²) in [7, 11) is 2.25. The normalized spacial score (nSPS) is 19.2. The van der Waals surface area contributed by atoms with Gasteiger partial charge in [0, 0.05) is 10.8 Å². The van der Waals surface area contributed by atoms with Gasteiger partial charge in [-0.05, 0) is 97.5 Å². The van der Waals surface area contributed by atoms with Gasteiger partial charge in [-0.25, -0.2) is 38.0 Å². The summed E-state index contributed by atoms with van der Waals surface area (Å²) in [5.74, 6) is -8.52. The monoisotopic (exact) mass is 880 g/mol. The number of ether oxygens (including phenoxy) is 4. The Kier molecular flexibility index (Phi) is 11.0. The number of halogens is 2. The Morgan fingerprint density at radius 2 is 1.19 bits per heavy atom. The standard InChI is InChI=1S/C44H38F2N6O8S2/c1-19-30(41(53)57-3)33(27-17-61-37-24(14-48)11-25(45)12-26(27)37)35(43(55)59-15-21-5-6-21)39(49)51(19)52-20(2)31(42(54)58-4)34(36(40(52)50)44(56)60-16-22-7-8-22)28-18-62-38-23(13-47)9-10-29(46)32(28)38/h9-12,17-18,21-22,33-34H,5-8,15-16,49-50H2,1-4H3. The van der Waals surface area contributed by atoms with E-state index < -0.39 is 47.3 Å². The fourth-order valence-electron chi connectivity index (χ4n) is 8.12. The molecule has 4 aromatic rings. The maximum absolute atomic E-state index is 15.9. The first-order valence-corrected chi connectivity index (χ1v) is 21.2. The molecule has 2 saturated carbocycles. The summed E-state index contributed by atoms with van der Waals surface area (Å²) in [5.41, 5.74) is 13.8. The molecule has 2 aliphatic carbocycles. The molecule has 0 radical (unpaired) electrons. The zero-order chi connectivity index (χ0) is 44.3. The number of carbonyl (C=O) groups is 4. The number of hydrogen-bond acceptors (Lipinski definition) is 16. The average molecular weight is 881 g/mol. The first kappa shape index (κ1) is 42.0. The van der Waals surface area contributed by atoms with E-state index in [1.54, 1.807) is 5.38 Å². The second kappa shape index (κ2) is 16.3. The molecule has 318 valence electrons. The van der Waals surface area contributed by atoms with Crippen molar-refractivity contribution in [2.24, 2.45) is 23.3 Å². The maximum Gasteiger partial charge on any atom is 0.338 e. The lowest BCUT2D eigenvalue weighted by atomic mass is 9.79. The van der Waals surface area contributed by atoms with Gasteiger partial charge >= 0.3 is 23.9 Å². The number of fused-ring (bicyclic) bond motifs is 2. The summed E-state index contributed by atoms with van der Waals surface area (Å²) in [6, 6.07) is 8.77. The number of methoxy groups -OCH3 is 2. The lowest BCUT2D eigenvalue weighted by Gasteiger charge is -2.47. The highest BCUT2D eigenvalue weighted by Crippen LogP contribution is 2.51. The number of esters is 4. The summed E-state index contributed by atoms with van der Waals surface area (Å²) in [4.78, 5) is 57.4. The molecule has 2 aliphatic heterocycles. The summed E-state index contributed by atoms with van der Waals surface area (Å²) < 4.78 is 54.0. The number of thiophene rings is 2. The Bertz CT molecular complexity index is 2850. The van der Waals surface area contributed by atoms with Crippen LogP contribution in [0.3, 0.4) is 0 Å². The van der Waals surface area contributed by atoms with Crippen molar-refractivity contribution in [1.29, 1.82) is 10.5 Å². The molecule has 2 unspecified atom stereocenters. The zero-order valence-corrected chi connectivity index (χ0v) is 35.4. The highest BCUT2D eigenvalue weighted by Gasteiger charge is 2.49. The van der Waals surface area contributed by atoms with Crippen LogP contribution in [0.4, 0.5) is 8.78 Å². The van der Waals surface area contributed by atoms with Crippen molar-refractivity contribution in [1.82, 2.24) is 10.0 Å². The lowest BCUT2D eigenvalue weighted by Crippen LogP contribution is -2.51. The first-order valence-electron chi connectivity index (χ1n) is 19.5. The van der Waals surface area contributed by atoms with Crippen molar-refractivity contribution >= 4 is 66.7 Å². The van der Waals surface area contributed by atoms with Gasteiger partial charge in [0.15, 0.2) is 0 Å². The van der Waals surface area contributed by atoms with Gasteiger partial charge in [0.25, 0.3) is 0 Å². The van der Waals surface area contributed by atoms with E-state index in [1.165, 1.54) is 41.4 Å². The molecule has 62 heavy (non-hydrogen) atoms. The predicted molar refractivity (Wildman–Crippen MR) is 221 cm³/mol. The van der Waals surface area contributed by atoms with Gasteiger partial charge in [0.05, 0.1) is 93.5 Å². The number of nitrogens with zero attached hydrogens (tertiary/aromatic N) is 4. The van der Waals surface area contributed by atoms with Gasteiger partial charge in [-0.15, -0.1) is 22.7 Å². The van der Waals surface area contributed by atoms with Crippen LogP contribution < -0.4 is 11.5 Å². The number of allylic oxidation sites excluding steroid dienone is 2. The number of hydrogen-bond donors (Lipinski definition) is 2. The molecule has 2 atom stereocenters. The molecule has 2 aromatic heterocycles. The van der Waals surface area contributed by atoms with Crippen LogP contribution in [-0.4, -0.2) is 61.3 Å². The highest BCUT2D eigenvalue weighted by molar-refractivity contribution is 7.18. The predicted octanol–water partition coefficient (Wildman–Crippen LogP) is 6.69. The maximum atomic E-state index is 15.9. The molecule has 4 aliphatic rings. The van der Waals surface area contributed by atoms with Crippen molar-refractivity contribution in [3.05, 3.63) is 114 Å². The van der Waals surface area contributed by atoms with Crippen molar-refractivity contribution in [2.75, 3.05) is 27.4 Å². The molecule has 18 heteroatoms. The van der Waals surface area contributed by atoms with E-state index in [9.17, 15) is 29.7 Å². The smallest absolute Gasteiger partial charge is 0.338 e. The molecule has 2 fully saturated rings. The van der Waals surface area contributed by atoms with Crippen LogP contribution >= 0.6 is 22.7 Å². The van der Waals surface area contributed by atoms with E-state index in [4.69, 9.17) is 30.4 Å². The van der Waals surface area contributed by atoms with Crippen LogP contribution in [0.5, 0.6) is 0 Å². The number of hydrazine groups is 1. The molecule has 0 bridgehead atoms. The Hall–Kier alpha value is -6.76. The van der Waals surface area contributed by atoms with E-state index in [0.29, 0.717) is 4.70 Å². The fraction of sp³-hybridized carbons (Fsp3) is 0.318. The average Bonchev–Trinajstić information content (AvgIpc) is 4.19. The van der Waals surface area contributed by atoms with Crippen LogP contribution in [0.1, 0.15) is 73.6 Å². The van der Waals surface area contributed by atoms with Gasteiger partial charge in [-0.1, -0.05) is 0 Å². The van der Waals surface area contributed by atoms with Crippen LogP contribution in [0.15, 0.2) is 80.4 Å². The number of carbonyl (C=O) groups excluding carboxylic acids is 4. The van der Waals surface area contributed by atoms with E-state index in [2.05, 4.69) is 6.07 Å². The number of nitriles is 2. The SMILES string of the molecule is COC(=O)C1=C(C)N(N2C(C)=C(C(=O)OC)C(c3csc4c(C#N)ccc(F)c34)C(C(=O)OCC3CC3)=C2N)C(N)=C(C(=O)OCC2CC2)C1c1csc2c(C#N)cc(F)cc12. The minimum atomic E-state index is -1.42. The van der Waals surface area contributed by atoms with Gasteiger partial charge in [0.2, 0.25) is 0 Å². The van der Waals surface area contributed by atoms with Gasteiger partial charge < -0.3 is 30.4 Å². The van der Waals surface area contributed by atoms with E-state index >= 15 is 8.78 Å². The minimum absolute atomic E-state index is 0.00771. The third-order valence-corrected chi connectivity index (χ3v) is 13.6. The molecule has 2 aromatic carbocycles. The fourth-order valence-corrected chi connectivity index (χ4v) is 10.2. The molecular formula is C44H38F2N6O8S2. The van der Waals surface area contributed by atoms with E-state index in [-0.39, 0.29) is 108 Å². The molecule has 0 saturated heterocycles. The van der Waals surface area contributed by atoms with Crippen molar-refractivity contribution in [3.63, 3.8) is 0 Å². The Balaban J connectivity index is 1.41. The van der Waals surface area contributed by atoms with E-state index in [1.807, 2.05) is 6.07 Å². The lowest BCUT2D eigenvalue weighted by molar-refractivity contribution is -0.142. The summed E-state index contributed by atoms with van der Waals surface area (Å²) in [6.07, 6.45) is 3.29. The van der Waals surface area contributed by atoms with Crippen molar-refractivity contribution < 1.29 is 46.9 Å². The molecule has 4 heterocycles. The van der Waals surface area contributed by atoms with Gasteiger partial charge in [0.1, 0.15) is 35.4 Å². The Labute approximate surface area is 361 Å². The quantitative estimate of drug-likeness (QED) is 0.119. The van der Waals surface area contributed by atoms with Crippen molar-refractivity contribution in [3.8, 4) is 12.1 Å². The Morgan fingerprint density at radius 1 is 0.710 bits per heavy atom. The largest absolute Gasteiger partial charge is 0.466 e. The molecule has 0 amide bonds. The number of rotatable bonds is 11. The molecule has 0 spiro atoms. The molecule has 8 rings (SSSR count). The van der Waals surface area contributed by atoms with Crippen LogP contribution in [0.25, 0.3) is 20.2 Å². The summed E-state index contributed by atoms with van der Waals surface area (Å²) in [6.45, 7) is 3.01. The number of benzene rings is 2. The van der Waals surface area contributed by atoms with Crippen LogP contribution in [0.2, 0.25) is 0 Å². The van der Waals surface area contributed by atoms with Gasteiger partial charge in [-0.2, -0.15) is 10.5 Å². The molecular weight excluding hydrogens is 843 g/mol. The Morgan fingerprint density at radius 3 is 1.68 bits per heavy atom. The van der Waals surface area contributed by atoms with Gasteiger partial charge in [-0.3, -0.25) is 0 Å². The van der Waals surface area contributed by atoms with Crippen molar-refractivity contribution in [2.45, 2.75) is 51.4 Å². The zero-order valence-electron chi connectivity index (χ0n) is 33.8. The minimum Gasteiger partial charge on any atom is -0.466 e. The highest BCUT2D eigenvalue weighted by atomic mass is 32.1. The topological polar surface area (TPSA) is 211 Å². The van der Waals surface area contributed by atoms with E-state index in [0.717, 1.165) is 74.7 Å². The third-order valence-electron chi connectivity index (χ3n) is 11.6. The van der Waals surface area contributed by atoms with Crippen LogP contribution in [0, 0.1) is 46.1 Å².